The molecular weight excluding hydrogens is 301 g/mol. The van der Waals surface area contributed by atoms with Gasteiger partial charge in [-0.2, -0.15) is 18.3 Å². The molecule has 2 rings (SSSR count). The summed E-state index contributed by atoms with van der Waals surface area (Å²) in [5.74, 6) is -0.760. The Labute approximate surface area is 125 Å². The van der Waals surface area contributed by atoms with Gasteiger partial charge in [-0.1, -0.05) is 13.8 Å². The number of amides is 2. The highest BCUT2D eigenvalue weighted by molar-refractivity contribution is 5.88. The molecule has 1 unspecified atom stereocenters. The molecule has 1 aliphatic heterocycles. The summed E-state index contributed by atoms with van der Waals surface area (Å²) in [4.78, 5) is 25.6. The number of hydrogen-bond acceptors (Lipinski definition) is 3. The third kappa shape index (κ3) is 3.40. The van der Waals surface area contributed by atoms with Gasteiger partial charge in [0.05, 0.1) is 0 Å². The first-order chi connectivity index (χ1) is 10.2. The Bertz CT molecular complexity index is 568. The van der Waals surface area contributed by atoms with Crippen LogP contribution in [0.1, 0.15) is 19.5 Å². The molecule has 22 heavy (non-hydrogen) atoms. The molecule has 1 aromatic heterocycles. The van der Waals surface area contributed by atoms with Gasteiger partial charge in [0, 0.05) is 19.3 Å². The standard InChI is InChI=1S/C13H17F3N4O2/c1-8(2)11-12(22)17-4-6-20(11)10(21)7-19-5-3-9(18-19)13(14,15)16/h3,5,8,11H,4,6-7H2,1-2H3,(H,17,22). The minimum absolute atomic E-state index is 0.0902. The summed E-state index contributed by atoms with van der Waals surface area (Å²) >= 11 is 0. The van der Waals surface area contributed by atoms with Crippen LogP contribution in [0.15, 0.2) is 12.3 Å². The highest BCUT2D eigenvalue weighted by atomic mass is 19.4. The van der Waals surface area contributed by atoms with Crippen LogP contribution in [-0.2, 0) is 22.3 Å². The van der Waals surface area contributed by atoms with Gasteiger partial charge in [0.15, 0.2) is 5.69 Å². The Kier molecular flexibility index (Phi) is 4.43. The van der Waals surface area contributed by atoms with Crippen molar-refractivity contribution in [3.63, 3.8) is 0 Å². The second kappa shape index (κ2) is 5.98. The zero-order valence-corrected chi connectivity index (χ0v) is 12.2. The molecule has 1 saturated heterocycles. The fraction of sp³-hybridized carbons (Fsp3) is 0.615. The molecular formula is C13H17F3N4O2. The smallest absolute Gasteiger partial charge is 0.353 e. The molecule has 0 aromatic carbocycles. The summed E-state index contributed by atoms with van der Waals surface area (Å²) in [5, 5.41) is 6.03. The predicted molar refractivity (Wildman–Crippen MR) is 70.6 cm³/mol. The third-order valence-corrected chi connectivity index (χ3v) is 3.44. The molecule has 122 valence electrons. The lowest BCUT2D eigenvalue weighted by molar-refractivity contribution is -0.146. The molecule has 2 amide bonds. The Morgan fingerprint density at radius 1 is 1.50 bits per heavy atom. The molecule has 0 radical (unpaired) electrons. The van der Waals surface area contributed by atoms with Crippen LogP contribution in [-0.4, -0.2) is 45.6 Å². The van der Waals surface area contributed by atoms with E-state index in [9.17, 15) is 22.8 Å². The van der Waals surface area contributed by atoms with E-state index in [0.717, 1.165) is 16.9 Å². The lowest BCUT2D eigenvalue weighted by Gasteiger charge is -2.37. The molecule has 6 nitrogen and oxygen atoms in total. The van der Waals surface area contributed by atoms with Crippen molar-refractivity contribution in [2.45, 2.75) is 32.6 Å². The number of aromatic nitrogens is 2. The van der Waals surface area contributed by atoms with E-state index in [0.29, 0.717) is 13.1 Å². The SMILES string of the molecule is CC(C)C1C(=O)NCCN1C(=O)Cn1ccc(C(F)(F)F)n1. The summed E-state index contributed by atoms with van der Waals surface area (Å²) in [5.41, 5.74) is -1.04. The van der Waals surface area contributed by atoms with Gasteiger partial charge in [-0.25, -0.2) is 0 Å². The molecule has 0 bridgehead atoms. The van der Waals surface area contributed by atoms with Crippen molar-refractivity contribution in [1.82, 2.24) is 20.0 Å². The van der Waals surface area contributed by atoms with Gasteiger partial charge in [0.1, 0.15) is 12.6 Å². The van der Waals surface area contributed by atoms with E-state index in [4.69, 9.17) is 0 Å². The monoisotopic (exact) mass is 318 g/mol. The van der Waals surface area contributed by atoms with Crippen molar-refractivity contribution in [1.29, 1.82) is 0 Å². The zero-order valence-electron chi connectivity index (χ0n) is 12.2. The number of rotatable bonds is 3. The van der Waals surface area contributed by atoms with Gasteiger partial charge >= 0.3 is 6.18 Å². The number of halogens is 3. The number of piperazine rings is 1. The normalized spacial score (nSPS) is 19.5. The number of nitrogens with zero attached hydrogens (tertiary/aromatic N) is 3. The van der Waals surface area contributed by atoms with Gasteiger partial charge in [-0.05, 0) is 12.0 Å². The van der Waals surface area contributed by atoms with Crippen molar-refractivity contribution in [3.05, 3.63) is 18.0 Å². The van der Waals surface area contributed by atoms with E-state index in [1.807, 2.05) is 13.8 Å². The number of alkyl halides is 3. The topological polar surface area (TPSA) is 67.2 Å². The van der Waals surface area contributed by atoms with E-state index >= 15 is 0 Å². The summed E-state index contributed by atoms with van der Waals surface area (Å²) < 4.78 is 38.4. The molecule has 9 heteroatoms. The van der Waals surface area contributed by atoms with Gasteiger partial charge < -0.3 is 10.2 Å². The Hall–Kier alpha value is -2.06. The molecule has 0 spiro atoms. The van der Waals surface area contributed by atoms with Crippen molar-refractivity contribution < 1.29 is 22.8 Å². The number of carbonyl (C=O) groups excluding carboxylic acids is 2. The maximum Gasteiger partial charge on any atom is 0.435 e. The Morgan fingerprint density at radius 2 is 2.18 bits per heavy atom. The Morgan fingerprint density at radius 3 is 2.73 bits per heavy atom. The highest BCUT2D eigenvalue weighted by Gasteiger charge is 2.36. The van der Waals surface area contributed by atoms with Crippen molar-refractivity contribution in [3.8, 4) is 0 Å². The Balaban J connectivity index is 2.10. The van der Waals surface area contributed by atoms with E-state index in [1.54, 1.807) is 0 Å². The summed E-state index contributed by atoms with van der Waals surface area (Å²) in [6, 6.07) is 0.203. The van der Waals surface area contributed by atoms with Crippen LogP contribution in [0.5, 0.6) is 0 Å². The molecule has 2 heterocycles. The second-order valence-corrected chi connectivity index (χ2v) is 5.46. The highest BCUT2D eigenvalue weighted by Crippen LogP contribution is 2.27. The maximum absolute atomic E-state index is 12.5. The summed E-state index contributed by atoms with van der Waals surface area (Å²) in [6.45, 7) is 3.96. The van der Waals surface area contributed by atoms with Crippen LogP contribution in [0.4, 0.5) is 13.2 Å². The van der Waals surface area contributed by atoms with E-state index in [1.165, 1.54) is 4.90 Å². The van der Waals surface area contributed by atoms with Gasteiger partial charge in [-0.15, -0.1) is 0 Å². The zero-order chi connectivity index (χ0) is 16.5. The van der Waals surface area contributed by atoms with Crippen molar-refractivity contribution in [2.24, 2.45) is 5.92 Å². The van der Waals surface area contributed by atoms with Gasteiger partial charge in [0.25, 0.3) is 0 Å². The number of nitrogens with one attached hydrogen (secondary N) is 1. The number of hydrogen-bond donors (Lipinski definition) is 1. The lowest BCUT2D eigenvalue weighted by Crippen LogP contribution is -2.59. The third-order valence-electron chi connectivity index (χ3n) is 3.44. The molecule has 1 aliphatic rings. The average molecular weight is 318 g/mol. The maximum atomic E-state index is 12.5. The summed E-state index contributed by atoms with van der Waals surface area (Å²) in [6.07, 6.45) is -3.44. The quantitative estimate of drug-likeness (QED) is 0.900. The largest absolute Gasteiger partial charge is 0.435 e. The van der Waals surface area contributed by atoms with Crippen LogP contribution in [0.3, 0.4) is 0 Å². The molecule has 1 aromatic rings. The first-order valence-corrected chi connectivity index (χ1v) is 6.88. The molecule has 1 N–H and O–H groups in total. The number of carbonyl (C=O) groups is 2. The van der Waals surface area contributed by atoms with Crippen LogP contribution >= 0.6 is 0 Å². The molecule has 1 atom stereocenters. The van der Waals surface area contributed by atoms with E-state index in [2.05, 4.69) is 10.4 Å². The molecule has 0 saturated carbocycles. The first kappa shape index (κ1) is 16.3. The van der Waals surface area contributed by atoms with E-state index < -0.39 is 23.8 Å². The summed E-state index contributed by atoms with van der Waals surface area (Å²) in [7, 11) is 0. The van der Waals surface area contributed by atoms with Crippen LogP contribution < -0.4 is 5.32 Å². The van der Waals surface area contributed by atoms with Crippen molar-refractivity contribution >= 4 is 11.8 Å². The minimum Gasteiger partial charge on any atom is -0.353 e. The van der Waals surface area contributed by atoms with E-state index in [-0.39, 0.29) is 18.4 Å². The average Bonchev–Trinajstić information content (AvgIpc) is 2.86. The van der Waals surface area contributed by atoms with Crippen LogP contribution in [0.2, 0.25) is 0 Å². The predicted octanol–water partition coefficient (Wildman–Crippen LogP) is 0.885. The lowest BCUT2D eigenvalue weighted by atomic mass is 9.99. The molecule has 0 aliphatic carbocycles. The van der Waals surface area contributed by atoms with Gasteiger partial charge in [0.2, 0.25) is 11.8 Å². The van der Waals surface area contributed by atoms with Crippen molar-refractivity contribution in [2.75, 3.05) is 13.1 Å². The minimum atomic E-state index is -4.54. The fourth-order valence-corrected chi connectivity index (χ4v) is 2.46. The first-order valence-electron chi connectivity index (χ1n) is 6.88. The van der Waals surface area contributed by atoms with Gasteiger partial charge in [-0.3, -0.25) is 14.3 Å². The molecule has 1 fully saturated rings. The second-order valence-electron chi connectivity index (χ2n) is 5.46. The fourth-order valence-electron chi connectivity index (χ4n) is 2.46. The van der Waals surface area contributed by atoms with Crippen LogP contribution in [0, 0.1) is 5.92 Å². The van der Waals surface area contributed by atoms with Crippen LogP contribution in [0.25, 0.3) is 0 Å².